The minimum absolute atomic E-state index is 0.215. The molecular formula is C21H17IN2O8. The first-order valence-corrected chi connectivity index (χ1v) is 10.1. The molecule has 0 radical (unpaired) electrons. The maximum absolute atomic E-state index is 13.0. The van der Waals surface area contributed by atoms with E-state index >= 15 is 0 Å². The van der Waals surface area contributed by atoms with Gasteiger partial charge in [-0.25, -0.2) is 14.5 Å². The van der Waals surface area contributed by atoms with Crippen LogP contribution in [0, 0.1) is 3.57 Å². The minimum atomic E-state index is -1.15. The second-order valence-corrected chi connectivity index (χ2v) is 7.53. The van der Waals surface area contributed by atoms with E-state index in [0.717, 1.165) is 4.90 Å². The van der Waals surface area contributed by atoms with Gasteiger partial charge in [0.05, 0.1) is 23.5 Å². The lowest BCUT2D eigenvalue weighted by atomic mass is 10.1. The zero-order chi connectivity index (χ0) is 23.4. The number of nitrogens with zero attached hydrogens (tertiary/aromatic N) is 1. The summed E-state index contributed by atoms with van der Waals surface area (Å²) in [5.41, 5.74) is 0.408. The molecule has 4 amide bonds. The van der Waals surface area contributed by atoms with Crippen molar-refractivity contribution < 1.29 is 38.5 Å². The van der Waals surface area contributed by atoms with Crippen LogP contribution in [0.25, 0.3) is 6.08 Å². The van der Waals surface area contributed by atoms with E-state index in [0.29, 0.717) is 14.9 Å². The van der Waals surface area contributed by atoms with E-state index in [9.17, 15) is 19.2 Å². The van der Waals surface area contributed by atoms with Crippen molar-refractivity contribution in [1.29, 1.82) is 0 Å². The van der Waals surface area contributed by atoms with Crippen LogP contribution in [0.4, 0.5) is 10.5 Å². The number of amides is 4. The Labute approximate surface area is 195 Å². The van der Waals surface area contributed by atoms with Crippen LogP contribution < -0.4 is 24.4 Å². The Balaban J connectivity index is 1.98. The quantitative estimate of drug-likeness (QED) is 0.304. The zero-order valence-corrected chi connectivity index (χ0v) is 19.0. The topological polar surface area (TPSA) is 131 Å². The Bertz CT molecular complexity index is 1130. The van der Waals surface area contributed by atoms with Crippen LogP contribution in [0.15, 0.2) is 42.0 Å². The normalized spacial score (nSPS) is 14.9. The highest BCUT2D eigenvalue weighted by molar-refractivity contribution is 14.1. The molecule has 2 aromatic rings. The number of halogens is 1. The molecule has 166 valence electrons. The van der Waals surface area contributed by atoms with Crippen molar-refractivity contribution in [2.24, 2.45) is 0 Å². The molecule has 10 nitrogen and oxygen atoms in total. The molecule has 0 bridgehead atoms. The Morgan fingerprint density at radius 1 is 1.12 bits per heavy atom. The fourth-order valence-electron chi connectivity index (χ4n) is 2.89. The first kappa shape index (κ1) is 23.1. The van der Waals surface area contributed by atoms with Crippen molar-refractivity contribution in [1.82, 2.24) is 5.32 Å². The predicted octanol–water partition coefficient (Wildman–Crippen LogP) is 2.44. The average molecular weight is 552 g/mol. The number of carboxylic acid groups (broad SMARTS) is 1. The number of methoxy groups -OCH3 is 2. The van der Waals surface area contributed by atoms with Crippen molar-refractivity contribution in [2.45, 2.75) is 0 Å². The summed E-state index contributed by atoms with van der Waals surface area (Å²) in [5.74, 6) is -1.82. The largest absolute Gasteiger partial charge is 0.497 e. The number of ether oxygens (including phenoxy) is 3. The van der Waals surface area contributed by atoms with E-state index in [-0.39, 0.29) is 22.8 Å². The van der Waals surface area contributed by atoms with Crippen molar-refractivity contribution in [3.8, 4) is 17.2 Å². The second-order valence-electron chi connectivity index (χ2n) is 6.37. The maximum Gasteiger partial charge on any atom is 0.341 e. The van der Waals surface area contributed by atoms with Crippen molar-refractivity contribution >= 4 is 58.2 Å². The van der Waals surface area contributed by atoms with Gasteiger partial charge in [-0.2, -0.15) is 0 Å². The Kier molecular flexibility index (Phi) is 6.98. The first-order chi connectivity index (χ1) is 15.2. The first-order valence-electron chi connectivity index (χ1n) is 9.02. The van der Waals surface area contributed by atoms with Gasteiger partial charge in [-0.3, -0.25) is 14.9 Å². The third kappa shape index (κ3) is 4.82. The number of aliphatic carboxylic acids is 1. The van der Waals surface area contributed by atoms with Gasteiger partial charge in [-0.15, -0.1) is 0 Å². The molecule has 3 rings (SSSR count). The van der Waals surface area contributed by atoms with Gasteiger partial charge in [-0.1, -0.05) is 0 Å². The predicted molar refractivity (Wildman–Crippen MR) is 121 cm³/mol. The summed E-state index contributed by atoms with van der Waals surface area (Å²) in [6.45, 7) is -0.563. The fraction of sp³-hybridized carbons (Fsp3) is 0.143. The number of hydrogen-bond acceptors (Lipinski definition) is 7. The number of barbiturate groups is 1. The smallest absolute Gasteiger partial charge is 0.341 e. The monoisotopic (exact) mass is 552 g/mol. The SMILES string of the molecule is COc1ccc(N2C(=O)NC(=O)/C(=C\c3cc(I)c(OCC(=O)O)c(OC)c3)C2=O)cc1. The van der Waals surface area contributed by atoms with Crippen LogP contribution in [0.5, 0.6) is 17.2 Å². The minimum Gasteiger partial charge on any atom is -0.497 e. The Morgan fingerprint density at radius 3 is 2.41 bits per heavy atom. The molecule has 1 heterocycles. The number of imide groups is 2. The molecule has 0 spiro atoms. The Morgan fingerprint density at radius 2 is 1.81 bits per heavy atom. The molecule has 1 aliphatic heterocycles. The number of carbonyl (C=O) groups is 4. The molecule has 1 saturated heterocycles. The standard InChI is InChI=1S/C21H17IN2O8/c1-30-13-5-3-12(4-6-13)24-20(28)14(19(27)23-21(24)29)7-11-8-15(22)18(16(9-11)31-2)32-10-17(25)26/h3-9H,10H2,1-2H3,(H,25,26)(H,23,27,29)/b14-7+. The summed E-state index contributed by atoms with van der Waals surface area (Å²) in [4.78, 5) is 49.4. The van der Waals surface area contributed by atoms with Crippen LogP contribution in [-0.4, -0.2) is 49.7 Å². The van der Waals surface area contributed by atoms with Crippen molar-refractivity contribution in [3.05, 3.63) is 51.1 Å². The van der Waals surface area contributed by atoms with Crippen LogP contribution in [0.1, 0.15) is 5.56 Å². The molecule has 0 saturated carbocycles. The number of carbonyl (C=O) groups excluding carboxylic acids is 3. The van der Waals surface area contributed by atoms with Gasteiger partial charge in [0.15, 0.2) is 18.1 Å². The third-order valence-corrected chi connectivity index (χ3v) is 5.14. The van der Waals surface area contributed by atoms with E-state index < -0.39 is 30.4 Å². The number of rotatable bonds is 7. The zero-order valence-electron chi connectivity index (χ0n) is 16.9. The number of anilines is 1. The summed E-state index contributed by atoms with van der Waals surface area (Å²) in [7, 11) is 2.86. The van der Waals surface area contributed by atoms with E-state index in [1.807, 2.05) is 22.6 Å². The van der Waals surface area contributed by atoms with E-state index in [4.69, 9.17) is 19.3 Å². The molecule has 0 atom stereocenters. The van der Waals surface area contributed by atoms with Crippen molar-refractivity contribution in [2.75, 3.05) is 25.7 Å². The molecule has 0 unspecified atom stereocenters. The third-order valence-electron chi connectivity index (χ3n) is 4.34. The lowest BCUT2D eigenvalue weighted by molar-refractivity contribution is -0.139. The summed E-state index contributed by atoms with van der Waals surface area (Å²) in [5, 5.41) is 11.0. The van der Waals surface area contributed by atoms with Gasteiger partial charge in [0.1, 0.15) is 11.3 Å². The van der Waals surface area contributed by atoms with Gasteiger partial charge < -0.3 is 19.3 Å². The molecule has 2 aromatic carbocycles. The Hall–Kier alpha value is -3.61. The summed E-state index contributed by atoms with van der Waals surface area (Å²) >= 11 is 1.92. The highest BCUT2D eigenvalue weighted by Gasteiger charge is 2.36. The van der Waals surface area contributed by atoms with E-state index in [2.05, 4.69) is 5.32 Å². The van der Waals surface area contributed by atoms with Crippen LogP contribution in [0.3, 0.4) is 0 Å². The number of carboxylic acids is 1. The van der Waals surface area contributed by atoms with Crippen LogP contribution >= 0.6 is 22.6 Å². The van der Waals surface area contributed by atoms with Gasteiger partial charge >= 0.3 is 12.0 Å². The van der Waals surface area contributed by atoms with E-state index in [1.165, 1.54) is 38.5 Å². The van der Waals surface area contributed by atoms with Crippen LogP contribution in [-0.2, 0) is 14.4 Å². The fourth-order valence-corrected chi connectivity index (χ4v) is 3.67. The van der Waals surface area contributed by atoms with Gasteiger partial charge in [0.25, 0.3) is 11.8 Å². The van der Waals surface area contributed by atoms with Crippen molar-refractivity contribution in [3.63, 3.8) is 0 Å². The number of urea groups is 1. The lowest BCUT2D eigenvalue weighted by Crippen LogP contribution is -2.54. The molecule has 1 fully saturated rings. The van der Waals surface area contributed by atoms with E-state index in [1.54, 1.807) is 18.2 Å². The van der Waals surface area contributed by atoms with Crippen LogP contribution in [0.2, 0.25) is 0 Å². The van der Waals surface area contributed by atoms with Gasteiger partial charge in [0, 0.05) is 0 Å². The molecule has 11 heteroatoms. The number of nitrogens with one attached hydrogen (secondary N) is 1. The maximum atomic E-state index is 13.0. The summed E-state index contributed by atoms with van der Waals surface area (Å²) < 4.78 is 16.1. The highest BCUT2D eigenvalue weighted by Crippen LogP contribution is 2.35. The van der Waals surface area contributed by atoms with Gasteiger partial charge in [0.2, 0.25) is 0 Å². The molecular weight excluding hydrogens is 535 g/mol. The number of hydrogen-bond donors (Lipinski definition) is 2. The lowest BCUT2D eigenvalue weighted by Gasteiger charge is -2.26. The van der Waals surface area contributed by atoms with Gasteiger partial charge in [-0.05, 0) is 70.6 Å². The molecule has 0 aliphatic carbocycles. The molecule has 1 aliphatic rings. The molecule has 32 heavy (non-hydrogen) atoms. The summed E-state index contributed by atoms with van der Waals surface area (Å²) in [6, 6.07) is 8.40. The number of benzene rings is 2. The molecule has 2 N–H and O–H groups in total. The average Bonchev–Trinajstić information content (AvgIpc) is 2.75. The highest BCUT2D eigenvalue weighted by atomic mass is 127. The second kappa shape index (κ2) is 9.68. The summed E-state index contributed by atoms with van der Waals surface area (Å²) in [6.07, 6.45) is 1.31. The molecule has 0 aromatic heterocycles.